The van der Waals surface area contributed by atoms with Crippen LogP contribution in [0.15, 0.2) is 55.1 Å². The van der Waals surface area contributed by atoms with Crippen LogP contribution >= 0.6 is 11.3 Å². The lowest BCUT2D eigenvalue weighted by atomic mass is 10.1. The third-order valence-electron chi connectivity index (χ3n) is 5.21. The molecule has 176 valence electrons. The molecule has 0 bridgehead atoms. The van der Waals surface area contributed by atoms with Crippen LogP contribution < -0.4 is 20.1 Å². The number of thiophene rings is 1. The van der Waals surface area contributed by atoms with Crippen LogP contribution in [-0.2, 0) is 11.2 Å². The first kappa shape index (κ1) is 24.5. The van der Waals surface area contributed by atoms with Gasteiger partial charge in [0.1, 0.15) is 5.00 Å². The molecule has 0 saturated carbocycles. The zero-order valence-corrected chi connectivity index (χ0v) is 20.2. The van der Waals surface area contributed by atoms with Gasteiger partial charge in [-0.05, 0) is 62.2 Å². The minimum absolute atomic E-state index is 0.0372. The van der Waals surface area contributed by atoms with E-state index in [9.17, 15) is 4.79 Å². The summed E-state index contributed by atoms with van der Waals surface area (Å²) in [7, 11) is 3.28. The number of rotatable bonds is 13. The molecular weight excluding hydrogens is 436 g/mol. The molecule has 1 amide bonds. The van der Waals surface area contributed by atoms with Gasteiger partial charge in [0.15, 0.2) is 11.5 Å². The van der Waals surface area contributed by atoms with Gasteiger partial charge in [0.25, 0.3) is 0 Å². The molecule has 3 rings (SSSR count). The first-order chi connectivity index (χ1) is 16.1. The van der Waals surface area contributed by atoms with Gasteiger partial charge in [0, 0.05) is 36.3 Å². The van der Waals surface area contributed by atoms with Crippen molar-refractivity contribution in [2.45, 2.75) is 32.2 Å². The Morgan fingerprint density at radius 3 is 2.79 bits per heavy atom. The number of imidazole rings is 1. The van der Waals surface area contributed by atoms with E-state index in [1.807, 2.05) is 47.2 Å². The van der Waals surface area contributed by atoms with E-state index in [2.05, 4.69) is 28.6 Å². The second-order valence-electron chi connectivity index (χ2n) is 7.69. The Balaban J connectivity index is 1.30. The number of methoxy groups -OCH3 is 2. The summed E-state index contributed by atoms with van der Waals surface area (Å²) < 4.78 is 12.6. The summed E-state index contributed by atoms with van der Waals surface area (Å²) in [5, 5.41) is 7.60. The quantitative estimate of drug-likeness (QED) is 0.395. The van der Waals surface area contributed by atoms with Crippen molar-refractivity contribution in [2.75, 3.05) is 27.3 Å². The van der Waals surface area contributed by atoms with Crippen LogP contribution in [-0.4, -0.2) is 48.8 Å². The summed E-state index contributed by atoms with van der Waals surface area (Å²) in [6.45, 7) is 3.64. The maximum absolute atomic E-state index is 12.1. The molecule has 2 heterocycles. The molecule has 0 aliphatic heterocycles. The number of nitrogens with one attached hydrogen (secondary N) is 2. The van der Waals surface area contributed by atoms with E-state index >= 15 is 0 Å². The van der Waals surface area contributed by atoms with Crippen molar-refractivity contribution in [2.24, 2.45) is 0 Å². The molecule has 3 aromatic rings. The van der Waals surface area contributed by atoms with Gasteiger partial charge in [0.05, 0.1) is 20.5 Å². The van der Waals surface area contributed by atoms with Gasteiger partial charge in [-0.1, -0.05) is 12.1 Å². The molecule has 7 nitrogen and oxygen atoms in total. The Labute approximate surface area is 199 Å². The molecule has 2 aromatic heterocycles. The average molecular weight is 469 g/mol. The molecule has 0 fully saturated rings. The molecule has 8 heteroatoms. The lowest BCUT2D eigenvalue weighted by molar-refractivity contribution is -0.120. The number of carbonyl (C=O) groups excluding carboxylic acids is 1. The van der Waals surface area contributed by atoms with Crippen molar-refractivity contribution in [1.82, 2.24) is 20.2 Å². The topological polar surface area (TPSA) is 77.4 Å². The molecule has 0 aliphatic rings. The molecular formula is C25H32N4O3S. The molecule has 0 saturated heterocycles. The lowest BCUT2D eigenvalue weighted by Crippen LogP contribution is -2.33. The predicted octanol–water partition coefficient (Wildman–Crippen LogP) is 4.08. The molecule has 1 atom stereocenters. The summed E-state index contributed by atoms with van der Waals surface area (Å²) in [6.07, 6.45) is 11.5. The summed E-state index contributed by atoms with van der Waals surface area (Å²) >= 11 is 1.66. The third kappa shape index (κ3) is 7.76. The lowest BCUT2D eigenvalue weighted by Gasteiger charge is -2.15. The zero-order chi connectivity index (χ0) is 23.5. The monoisotopic (exact) mass is 468 g/mol. The van der Waals surface area contributed by atoms with Crippen LogP contribution in [0.2, 0.25) is 0 Å². The maximum atomic E-state index is 12.1. The fraction of sp³-hybridized carbons (Fsp3) is 0.360. The van der Waals surface area contributed by atoms with Crippen LogP contribution in [0, 0.1) is 0 Å². The predicted molar refractivity (Wildman–Crippen MR) is 133 cm³/mol. The van der Waals surface area contributed by atoms with Crippen LogP contribution in [0.3, 0.4) is 0 Å². The van der Waals surface area contributed by atoms with E-state index < -0.39 is 0 Å². The number of hydrogen-bond donors (Lipinski definition) is 2. The molecule has 1 aromatic carbocycles. The Kier molecular flexibility index (Phi) is 9.53. The van der Waals surface area contributed by atoms with Crippen molar-refractivity contribution in [3.8, 4) is 16.5 Å². The van der Waals surface area contributed by atoms with Gasteiger partial charge in [0.2, 0.25) is 5.91 Å². The fourth-order valence-corrected chi connectivity index (χ4v) is 4.23. The van der Waals surface area contributed by atoms with Crippen molar-refractivity contribution >= 4 is 23.3 Å². The van der Waals surface area contributed by atoms with E-state index in [0.29, 0.717) is 19.0 Å². The number of amides is 1. The van der Waals surface area contributed by atoms with Gasteiger partial charge >= 0.3 is 0 Å². The number of ether oxygens (including phenoxy) is 2. The smallest absolute Gasteiger partial charge is 0.223 e. The zero-order valence-electron chi connectivity index (χ0n) is 19.4. The first-order valence-corrected chi connectivity index (χ1v) is 11.9. The van der Waals surface area contributed by atoms with E-state index in [-0.39, 0.29) is 5.91 Å². The van der Waals surface area contributed by atoms with Crippen LogP contribution in [0.4, 0.5) is 0 Å². The van der Waals surface area contributed by atoms with E-state index in [1.54, 1.807) is 38.1 Å². The maximum Gasteiger partial charge on any atom is 0.223 e. The largest absolute Gasteiger partial charge is 0.493 e. The highest BCUT2D eigenvalue weighted by molar-refractivity contribution is 7.15. The molecule has 1 unspecified atom stereocenters. The first-order valence-electron chi connectivity index (χ1n) is 11.0. The van der Waals surface area contributed by atoms with Crippen molar-refractivity contribution < 1.29 is 14.3 Å². The molecule has 0 radical (unpaired) electrons. The minimum atomic E-state index is 0.0372. The second-order valence-corrected chi connectivity index (χ2v) is 8.78. The molecule has 33 heavy (non-hydrogen) atoms. The Hall–Kier alpha value is -3.10. The second kappa shape index (κ2) is 12.8. The summed E-state index contributed by atoms with van der Waals surface area (Å²) in [5.41, 5.74) is 1.19. The number of nitrogens with zero attached hydrogens (tertiary/aromatic N) is 2. The van der Waals surface area contributed by atoms with E-state index in [0.717, 1.165) is 40.8 Å². The van der Waals surface area contributed by atoms with Crippen molar-refractivity contribution in [1.29, 1.82) is 0 Å². The Morgan fingerprint density at radius 1 is 1.18 bits per heavy atom. The number of hydrogen-bond acceptors (Lipinski definition) is 6. The fourth-order valence-electron chi connectivity index (χ4n) is 3.34. The van der Waals surface area contributed by atoms with Gasteiger partial charge in [-0.3, -0.25) is 9.36 Å². The highest BCUT2D eigenvalue weighted by atomic mass is 32.1. The van der Waals surface area contributed by atoms with E-state index in [4.69, 9.17) is 9.47 Å². The standard InChI is InChI=1S/C25H32N4O3S/c1-19(27-14-12-20-7-9-22(31-2)23(17-20)32-3)11-13-28-24(30)6-4-5-21-8-10-25(33-21)29-16-15-26-18-29/h4-5,7-10,15-19,27H,6,11-14H2,1-3H3,(H,28,30)/b5-4+. The van der Waals surface area contributed by atoms with Crippen molar-refractivity contribution in [3.05, 3.63) is 65.6 Å². The minimum Gasteiger partial charge on any atom is -0.493 e. The Morgan fingerprint density at radius 2 is 2.03 bits per heavy atom. The number of carbonyl (C=O) groups is 1. The van der Waals surface area contributed by atoms with Crippen LogP contribution in [0.5, 0.6) is 11.5 Å². The third-order valence-corrected chi connectivity index (χ3v) is 6.27. The highest BCUT2D eigenvalue weighted by Gasteiger charge is 2.06. The van der Waals surface area contributed by atoms with Crippen molar-refractivity contribution in [3.63, 3.8) is 0 Å². The van der Waals surface area contributed by atoms with Gasteiger partial charge in [-0.15, -0.1) is 11.3 Å². The van der Waals surface area contributed by atoms with Gasteiger partial charge in [-0.2, -0.15) is 0 Å². The summed E-state index contributed by atoms with van der Waals surface area (Å²) in [5.74, 6) is 1.52. The number of benzene rings is 1. The van der Waals surface area contributed by atoms with Gasteiger partial charge < -0.3 is 20.1 Å². The normalized spacial score (nSPS) is 12.1. The highest BCUT2D eigenvalue weighted by Crippen LogP contribution is 2.27. The average Bonchev–Trinajstić information content (AvgIpc) is 3.51. The molecule has 2 N–H and O–H groups in total. The van der Waals surface area contributed by atoms with E-state index in [1.165, 1.54) is 5.56 Å². The van der Waals surface area contributed by atoms with Crippen LogP contribution in [0.1, 0.15) is 30.2 Å². The molecule has 0 spiro atoms. The Bertz CT molecular complexity index is 1030. The SMILES string of the molecule is COc1ccc(CCNC(C)CCNC(=O)C/C=C/c2ccc(-n3ccnc3)s2)cc1OC. The number of aromatic nitrogens is 2. The van der Waals surface area contributed by atoms with Gasteiger partial charge in [-0.25, -0.2) is 4.98 Å². The molecule has 0 aliphatic carbocycles. The summed E-state index contributed by atoms with van der Waals surface area (Å²) in [6, 6.07) is 10.4. The van der Waals surface area contributed by atoms with Crippen LogP contribution in [0.25, 0.3) is 11.1 Å². The summed E-state index contributed by atoms with van der Waals surface area (Å²) in [4.78, 5) is 17.3.